The molecule has 1 aromatic carbocycles. The average Bonchev–Trinajstić information content (AvgIpc) is 3.21. The molecule has 0 bridgehead atoms. The van der Waals surface area contributed by atoms with Gasteiger partial charge in [-0.2, -0.15) is 0 Å². The zero-order valence-corrected chi connectivity index (χ0v) is 19.5. The third-order valence-electron chi connectivity index (χ3n) is 4.43. The van der Waals surface area contributed by atoms with Crippen molar-refractivity contribution < 1.29 is 9.00 Å². The van der Waals surface area contributed by atoms with Crippen LogP contribution in [0.3, 0.4) is 0 Å². The summed E-state index contributed by atoms with van der Waals surface area (Å²) >= 11 is 13.1. The number of carbonyl (C=O) groups is 1. The van der Waals surface area contributed by atoms with Crippen LogP contribution in [0.1, 0.15) is 0 Å². The normalized spacial score (nSPS) is 11.8. The van der Waals surface area contributed by atoms with E-state index in [1.807, 2.05) is 0 Å². The number of anilines is 2. The monoisotopic (exact) mass is 507 g/mol. The molecule has 3 aromatic heterocycles. The molecule has 0 aliphatic heterocycles. The molecule has 1 atom stereocenters. The van der Waals surface area contributed by atoms with E-state index in [4.69, 9.17) is 23.2 Å². The zero-order valence-electron chi connectivity index (χ0n) is 16.4. The van der Waals surface area contributed by atoms with Crippen LogP contribution in [0.5, 0.6) is 0 Å². The second-order valence-electron chi connectivity index (χ2n) is 6.45. The fourth-order valence-corrected chi connectivity index (χ4v) is 5.31. The average molecular weight is 508 g/mol. The van der Waals surface area contributed by atoms with Crippen molar-refractivity contribution in [2.75, 3.05) is 17.7 Å². The van der Waals surface area contributed by atoms with Gasteiger partial charge in [-0.3, -0.25) is 14.1 Å². The number of pyridine rings is 2. The fraction of sp³-hybridized carbons (Fsp3) is 0.0500. The molecule has 3 N–H and O–H groups in total. The van der Waals surface area contributed by atoms with Gasteiger partial charge in [-0.15, -0.1) is 11.3 Å². The summed E-state index contributed by atoms with van der Waals surface area (Å²) in [6, 6.07) is 10.9. The zero-order chi connectivity index (χ0) is 22.8. The Morgan fingerprint density at radius 2 is 1.97 bits per heavy atom. The van der Waals surface area contributed by atoms with Crippen LogP contribution in [0.15, 0.2) is 63.9 Å². The molecular formula is C20H15Cl2N5O3S2. The molecule has 2 amide bonds. The lowest BCUT2D eigenvalue weighted by molar-refractivity contribution is 0.257. The van der Waals surface area contributed by atoms with Gasteiger partial charge in [-0.05, 0) is 47.9 Å². The van der Waals surface area contributed by atoms with E-state index in [1.54, 1.807) is 55.7 Å². The van der Waals surface area contributed by atoms with Crippen LogP contribution < -0.4 is 20.9 Å². The minimum Gasteiger partial charge on any atom is -0.387 e. The number of halogens is 2. The number of amides is 2. The molecule has 0 fully saturated rings. The van der Waals surface area contributed by atoms with E-state index in [9.17, 15) is 13.8 Å². The van der Waals surface area contributed by atoms with Crippen LogP contribution in [0, 0.1) is 0 Å². The number of hydrogen-bond acceptors (Lipinski definition) is 6. The maximum Gasteiger partial charge on any atom is 0.331 e. The molecule has 1 unspecified atom stereocenters. The molecule has 164 valence electrons. The van der Waals surface area contributed by atoms with Crippen molar-refractivity contribution in [2.45, 2.75) is 4.21 Å². The van der Waals surface area contributed by atoms with Gasteiger partial charge in [0.25, 0.3) is 5.56 Å². The Kier molecular flexibility index (Phi) is 6.47. The number of hydrogen-bond donors (Lipinski definition) is 3. The van der Waals surface area contributed by atoms with Crippen LogP contribution in [0.2, 0.25) is 9.36 Å². The molecule has 0 saturated heterocycles. The van der Waals surface area contributed by atoms with E-state index >= 15 is 0 Å². The lowest BCUT2D eigenvalue weighted by Crippen LogP contribution is -2.30. The summed E-state index contributed by atoms with van der Waals surface area (Å²) in [6.45, 7) is 0. The maximum atomic E-state index is 12.9. The highest BCUT2D eigenvalue weighted by Crippen LogP contribution is 2.26. The number of nitrogens with one attached hydrogen (secondary N) is 3. The number of fused-ring (bicyclic) bond motifs is 1. The number of thiophene rings is 1. The molecule has 0 spiro atoms. The smallest absolute Gasteiger partial charge is 0.331 e. The van der Waals surface area contributed by atoms with Crippen LogP contribution in [-0.4, -0.2) is 26.8 Å². The number of aromatic nitrogens is 2. The molecule has 3 heterocycles. The van der Waals surface area contributed by atoms with E-state index in [-0.39, 0.29) is 5.56 Å². The molecule has 0 aliphatic carbocycles. The minimum atomic E-state index is -1.73. The molecule has 4 rings (SSSR count). The summed E-state index contributed by atoms with van der Waals surface area (Å²) in [4.78, 5) is 29.3. The highest BCUT2D eigenvalue weighted by atomic mass is 35.5. The number of urea groups is 1. The van der Waals surface area contributed by atoms with Gasteiger partial charge in [0, 0.05) is 18.6 Å². The fourth-order valence-electron chi connectivity index (χ4n) is 2.93. The van der Waals surface area contributed by atoms with E-state index in [1.165, 1.54) is 10.8 Å². The molecule has 4 aromatic rings. The first-order valence-corrected chi connectivity index (χ1v) is 11.8. The van der Waals surface area contributed by atoms with Crippen molar-refractivity contribution in [3.05, 3.63) is 74.6 Å². The summed E-state index contributed by atoms with van der Waals surface area (Å²) in [6.07, 6.45) is 3.02. The number of nitrogens with zero attached hydrogens (tertiary/aromatic N) is 2. The van der Waals surface area contributed by atoms with Gasteiger partial charge in [-0.1, -0.05) is 23.2 Å². The standard InChI is InChI=1S/C20H15Cl2N5O3S2/c1-23-15-8-11-6-7-27(19(28)13(11)9-14(15)21)17-4-2-12(10-24-17)25-20(29)26-32(30)18-5-3-16(22)31-18/h2-10,23H,1H3,(H2,25,26,29). The van der Waals surface area contributed by atoms with Crippen LogP contribution in [-0.2, 0) is 11.0 Å². The van der Waals surface area contributed by atoms with Crippen molar-refractivity contribution in [2.24, 2.45) is 0 Å². The summed E-state index contributed by atoms with van der Waals surface area (Å²) < 4.78 is 16.7. The van der Waals surface area contributed by atoms with Gasteiger partial charge < -0.3 is 10.6 Å². The van der Waals surface area contributed by atoms with E-state index in [2.05, 4.69) is 20.3 Å². The van der Waals surface area contributed by atoms with Gasteiger partial charge in [0.05, 0.1) is 26.9 Å². The third kappa shape index (κ3) is 4.63. The largest absolute Gasteiger partial charge is 0.387 e. The van der Waals surface area contributed by atoms with Crippen LogP contribution in [0.4, 0.5) is 16.2 Å². The maximum absolute atomic E-state index is 12.9. The second-order valence-corrected chi connectivity index (χ2v) is 10.0. The predicted octanol–water partition coefficient (Wildman–Crippen LogP) is 4.64. The number of rotatable bonds is 5. The van der Waals surface area contributed by atoms with Gasteiger partial charge in [0.1, 0.15) is 10.0 Å². The molecule has 12 heteroatoms. The second kappa shape index (κ2) is 9.29. The Balaban J connectivity index is 1.51. The Morgan fingerprint density at radius 1 is 1.16 bits per heavy atom. The highest BCUT2D eigenvalue weighted by molar-refractivity contribution is 7.86. The summed E-state index contributed by atoms with van der Waals surface area (Å²) in [5.74, 6) is 0.369. The first-order chi connectivity index (χ1) is 15.4. The van der Waals surface area contributed by atoms with Crippen molar-refractivity contribution in [3.63, 3.8) is 0 Å². The summed E-state index contributed by atoms with van der Waals surface area (Å²) in [7, 11) is 0.0229. The molecular weight excluding hydrogens is 493 g/mol. The molecule has 0 aliphatic rings. The molecule has 0 saturated carbocycles. The van der Waals surface area contributed by atoms with Crippen molar-refractivity contribution in [1.29, 1.82) is 0 Å². The van der Waals surface area contributed by atoms with Crippen LogP contribution >= 0.6 is 34.5 Å². The van der Waals surface area contributed by atoms with Crippen molar-refractivity contribution >= 4 is 73.7 Å². The van der Waals surface area contributed by atoms with Gasteiger partial charge in [0.2, 0.25) is 0 Å². The first-order valence-electron chi connectivity index (χ1n) is 9.09. The highest BCUT2D eigenvalue weighted by Gasteiger charge is 2.12. The quantitative estimate of drug-likeness (QED) is 0.364. The number of benzene rings is 1. The third-order valence-corrected chi connectivity index (χ3v) is 7.35. The lowest BCUT2D eigenvalue weighted by Gasteiger charge is -2.10. The first kappa shape index (κ1) is 22.3. The summed E-state index contributed by atoms with van der Waals surface area (Å²) in [5, 5.41) is 7.17. The Labute approximate surface area is 198 Å². The van der Waals surface area contributed by atoms with Gasteiger partial charge >= 0.3 is 6.03 Å². The van der Waals surface area contributed by atoms with E-state index in [0.29, 0.717) is 30.5 Å². The Morgan fingerprint density at radius 3 is 2.62 bits per heavy atom. The van der Waals surface area contributed by atoms with Crippen molar-refractivity contribution in [3.8, 4) is 5.82 Å². The minimum absolute atomic E-state index is 0.275. The van der Waals surface area contributed by atoms with Crippen molar-refractivity contribution in [1.82, 2.24) is 14.3 Å². The topological polar surface area (TPSA) is 105 Å². The van der Waals surface area contributed by atoms with Crippen LogP contribution in [0.25, 0.3) is 16.6 Å². The van der Waals surface area contributed by atoms with Gasteiger partial charge in [0.15, 0.2) is 11.0 Å². The molecule has 0 radical (unpaired) electrons. The van der Waals surface area contributed by atoms with Gasteiger partial charge in [-0.25, -0.2) is 14.0 Å². The number of carbonyl (C=O) groups excluding carboxylic acids is 1. The Hall–Kier alpha value is -2.92. The Bertz CT molecular complexity index is 1400. The molecule has 8 nitrogen and oxygen atoms in total. The predicted molar refractivity (Wildman–Crippen MR) is 130 cm³/mol. The van der Waals surface area contributed by atoms with E-state index < -0.39 is 17.0 Å². The lowest BCUT2D eigenvalue weighted by atomic mass is 10.1. The van der Waals surface area contributed by atoms with E-state index in [0.717, 1.165) is 22.4 Å². The molecule has 32 heavy (non-hydrogen) atoms. The SMILES string of the molecule is CNc1cc2ccn(-c3ccc(NC(=O)NS(=O)c4ccc(Cl)s4)cn3)c(=O)c2cc1Cl. The summed E-state index contributed by atoms with van der Waals surface area (Å²) in [5.41, 5.74) is 0.817.